The van der Waals surface area contributed by atoms with Crippen LogP contribution in [-0.4, -0.2) is 29.7 Å². The lowest BCUT2D eigenvalue weighted by atomic mass is 10.2. The first-order valence-corrected chi connectivity index (χ1v) is 7.53. The molecule has 5 heteroatoms. The molecule has 0 aliphatic heterocycles. The molecule has 0 bridgehead atoms. The number of carbonyl (C=O) groups excluding carboxylic acids is 1. The van der Waals surface area contributed by atoms with Crippen LogP contribution in [0.3, 0.4) is 0 Å². The van der Waals surface area contributed by atoms with Crippen LogP contribution in [0.25, 0.3) is 10.9 Å². The molecule has 21 heavy (non-hydrogen) atoms. The van der Waals surface area contributed by atoms with Gasteiger partial charge in [-0.2, -0.15) is 0 Å². The Bertz CT molecular complexity index is 595. The standard InChI is InChI=1S/C16H21ClN2O2/c1-11(2)21-10-6-9-18-16(20)15-14(17)12-7-4-5-8-13(12)19(15)3/h4-5,7-8,11H,6,9-10H2,1-3H3,(H,18,20). The van der Waals surface area contributed by atoms with Gasteiger partial charge in [-0.05, 0) is 26.3 Å². The molecule has 0 atom stereocenters. The highest BCUT2D eigenvalue weighted by atomic mass is 35.5. The van der Waals surface area contributed by atoms with Crippen LogP contribution >= 0.6 is 11.6 Å². The molecule has 114 valence electrons. The number of rotatable bonds is 6. The van der Waals surface area contributed by atoms with E-state index in [1.807, 2.05) is 49.7 Å². The summed E-state index contributed by atoms with van der Waals surface area (Å²) >= 11 is 6.33. The van der Waals surface area contributed by atoms with Crippen molar-refractivity contribution in [1.29, 1.82) is 0 Å². The fraction of sp³-hybridized carbons (Fsp3) is 0.438. The number of fused-ring (bicyclic) bond motifs is 1. The third-order valence-electron chi connectivity index (χ3n) is 3.32. The SMILES string of the molecule is CC(C)OCCCNC(=O)c1c(Cl)c2ccccc2n1C. The molecule has 1 heterocycles. The monoisotopic (exact) mass is 308 g/mol. The van der Waals surface area contributed by atoms with Crippen molar-refractivity contribution in [3.8, 4) is 0 Å². The smallest absolute Gasteiger partial charge is 0.269 e. The summed E-state index contributed by atoms with van der Waals surface area (Å²) in [4.78, 5) is 12.3. The minimum atomic E-state index is -0.150. The van der Waals surface area contributed by atoms with Gasteiger partial charge >= 0.3 is 0 Å². The van der Waals surface area contributed by atoms with Crippen molar-refractivity contribution >= 4 is 28.4 Å². The molecule has 1 aromatic carbocycles. The van der Waals surface area contributed by atoms with Crippen molar-refractivity contribution < 1.29 is 9.53 Å². The molecule has 4 nitrogen and oxygen atoms in total. The summed E-state index contributed by atoms with van der Waals surface area (Å²) in [6, 6.07) is 7.72. The molecule has 0 saturated carbocycles. The number of halogens is 1. The molecule has 1 N–H and O–H groups in total. The summed E-state index contributed by atoms with van der Waals surface area (Å²) in [6.07, 6.45) is 0.999. The summed E-state index contributed by atoms with van der Waals surface area (Å²) in [5, 5.41) is 4.29. The minimum Gasteiger partial charge on any atom is -0.379 e. The Kier molecular flexibility index (Phi) is 5.26. The molecule has 0 radical (unpaired) electrons. The highest BCUT2D eigenvalue weighted by Gasteiger charge is 2.18. The molecule has 1 amide bonds. The van der Waals surface area contributed by atoms with Crippen molar-refractivity contribution in [3.63, 3.8) is 0 Å². The summed E-state index contributed by atoms with van der Waals surface area (Å²) in [6.45, 7) is 5.20. The number of aryl methyl sites for hydroxylation is 1. The van der Waals surface area contributed by atoms with Gasteiger partial charge in [0, 0.05) is 31.1 Å². The first kappa shape index (κ1) is 15.9. The molecule has 0 fully saturated rings. The van der Waals surface area contributed by atoms with Crippen LogP contribution in [0.4, 0.5) is 0 Å². The largest absolute Gasteiger partial charge is 0.379 e. The van der Waals surface area contributed by atoms with Crippen molar-refractivity contribution in [2.75, 3.05) is 13.2 Å². The van der Waals surface area contributed by atoms with Gasteiger partial charge < -0.3 is 14.6 Å². The van der Waals surface area contributed by atoms with Gasteiger partial charge in [0.15, 0.2) is 0 Å². The fourth-order valence-electron chi connectivity index (χ4n) is 2.28. The number of ether oxygens (including phenoxy) is 1. The Labute approximate surface area is 130 Å². The van der Waals surface area contributed by atoms with Crippen LogP contribution in [0.1, 0.15) is 30.8 Å². The molecule has 0 spiro atoms. The van der Waals surface area contributed by atoms with Gasteiger partial charge in [-0.3, -0.25) is 4.79 Å². The van der Waals surface area contributed by atoms with E-state index in [0.717, 1.165) is 17.3 Å². The Hall–Kier alpha value is -1.52. The molecular weight excluding hydrogens is 288 g/mol. The van der Waals surface area contributed by atoms with Gasteiger partial charge in [-0.1, -0.05) is 29.8 Å². The van der Waals surface area contributed by atoms with Crippen LogP contribution in [0.5, 0.6) is 0 Å². The molecule has 2 rings (SSSR count). The number of para-hydroxylation sites is 1. The van der Waals surface area contributed by atoms with Crippen molar-refractivity contribution in [2.45, 2.75) is 26.4 Å². The van der Waals surface area contributed by atoms with Crippen LogP contribution in [0.15, 0.2) is 24.3 Å². The maximum absolute atomic E-state index is 12.3. The van der Waals surface area contributed by atoms with Crippen LogP contribution in [0.2, 0.25) is 5.02 Å². The lowest BCUT2D eigenvalue weighted by Gasteiger charge is -2.09. The highest BCUT2D eigenvalue weighted by molar-refractivity contribution is 6.38. The normalized spacial score (nSPS) is 11.3. The average molecular weight is 309 g/mol. The molecule has 1 aromatic heterocycles. The van der Waals surface area contributed by atoms with E-state index in [0.29, 0.717) is 23.9 Å². The molecule has 0 aliphatic carbocycles. The quantitative estimate of drug-likeness (QED) is 0.831. The zero-order chi connectivity index (χ0) is 15.4. The topological polar surface area (TPSA) is 43.3 Å². The van der Waals surface area contributed by atoms with Crippen molar-refractivity contribution in [2.24, 2.45) is 7.05 Å². The number of nitrogens with one attached hydrogen (secondary N) is 1. The van der Waals surface area contributed by atoms with E-state index in [1.54, 1.807) is 0 Å². The lowest BCUT2D eigenvalue weighted by molar-refractivity contribution is 0.0756. The summed E-state index contributed by atoms with van der Waals surface area (Å²) in [7, 11) is 1.85. The maximum atomic E-state index is 12.3. The number of hydrogen-bond donors (Lipinski definition) is 1. The van der Waals surface area contributed by atoms with Gasteiger partial charge in [-0.15, -0.1) is 0 Å². The van der Waals surface area contributed by atoms with E-state index in [-0.39, 0.29) is 12.0 Å². The Morgan fingerprint density at radius 2 is 2.10 bits per heavy atom. The molecule has 0 unspecified atom stereocenters. The summed E-state index contributed by atoms with van der Waals surface area (Å²) in [5.74, 6) is -0.150. The highest BCUT2D eigenvalue weighted by Crippen LogP contribution is 2.29. The minimum absolute atomic E-state index is 0.150. The zero-order valence-electron chi connectivity index (χ0n) is 12.6. The predicted molar refractivity (Wildman–Crippen MR) is 86.0 cm³/mol. The van der Waals surface area contributed by atoms with Gasteiger partial charge in [0.2, 0.25) is 0 Å². The summed E-state index contributed by atoms with van der Waals surface area (Å²) < 4.78 is 7.27. The third-order valence-corrected chi connectivity index (χ3v) is 3.70. The Balaban J connectivity index is 2.03. The van der Waals surface area contributed by atoms with E-state index >= 15 is 0 Å². The maximum Gasteiger partial charge on any atom is 0.269 e. The van der Waals surface area contributed by atoms with E-state index in [2.05, 4.69) is 5.32 Å². The van der Waals surface area contributed by atoms with Crippen LogP contribution < -0.4 is 5.32 Å². The number of benzene rings is 1. The first-order valence-electron chi connectivity index (χ1n) is 7.15. The number of carbonyl (C=O) groups is 1. The van der Waals surface area contributed by atoms with Crippen LogP contribution in [0, 0.1) is 0 Å². The van der Waals surface area contributed by atoms with Gasteiger partial charge in [-0.25, -0.2) is 0 Å². The number of nitrogens with zero attached hydrogens (tertiary/aromatic N) is 1. The van der Waals surface area contributed by atoms with Gasteiger partial charge in [0.1, 0.15) is 5.69 Å². The molecule has 0 saturated heterocycles. The van der Waals surface area contributed by atoms with Crippen molar-refractivity contribution in [3.05, 3.63) is 35.0 Å². The number of hydrogen-bond acceptors (Lipinski definition) is 2. The first-order chi connectivity index (χ1) is 10.0. The second-order valence-electron chi connectivity index (χ2n) is 5.27. The number of aromatic nitrogens is 1. The Morgan fingerprint density at radius 3 is 2.76 bits per heavy atom. The lowest BCUT2D eigenvalue weighted by Crippen LogP contribution is -2.27. The fourth-order valence-corrected chi connectivity index (χ4v) is 2.65. The van der Waals surface area contributed by atoms with E-state index in [1.165, 1.54) is 0 Å². The molecular formula is C16H21ClN2O2. The predicted octanol–water partition coefficient (Wildman–Crippen LogP) is 3.38. The van der Waals surface area contributed by atoms with E-state index < -0.39 is 0 Å². The zero-order valence-corrected chi connectivity index (χ0v) is 13.4. The summed E-state index contributed by atoms with van der Waals surface area (Å²) in [5.41, 5.74) is 1.46. The van der Waals surface area contributed by atoms with Crippen LogP contribution in [-0.2, 0) is 11.8 Å². The second-order valence-corrected chi connectivity index (χ2v) is 5.65. The Morgan fingerprint density at radius 1 is 1.38 bits per heavy atom. The van der Waals surface area contributed by atoms with Gasteiger partial charge in [0.05, 0.1) is 11.1 Å². The number of amides is 1. The third kappa shape index (κ3) is 3.57. The average Bonchev–Trinajstić information content (AvgIpc) is 2.71. The van der Waals surface area contributed by atoms with Gasteiger partial charge in [0.25, 0.3) is 5.91 Å². The van der Waals surface area contributed by atoms with E-state index in [4.69, 9.17) is 16.3 Å². The molecule has 0 aliphatic rings. The van der Waals surface area contributed by atoms with Crippen molar-refractivity contribution in [1.82, 2.24) is 9.88 Å². The molecule has 2 aromatic rings. The van der Waals surface area contributed by atoms with E-state index in [9.17, 15) is 4.79 Å². The second kappa shape index (κ2) is 6.96.